The zero-order valence-electron chi connectivity index (χ0n) is 19.4. The third-order valence-electron chi connectivity index (χ3n) is 5.13. The van der Waals surface area contributed by atoms with Crippen LogP contribution in [0.3, 0.4) is 0 Å². The molecule has 0 saturated carbocycles. The fourth-order valence-electron chi connectivity index (χ4n) is 3.39. The fraction of sp³-hybridized carbons (Fsp3) is 0.391. The van der Waals surface area contributed by atoms with Crippen molar-refractivity contribution in [2.75, 3.05) is 31.3 Å². The van der Waals surface area contributed by atoms with Gasteiger partial charge in [-0.1, -0.05) is 35.9 Å². The van der Waals surface area contributed by atoms with Crippen LogP contribution in [-0.2, 0) is 26.2 Å². The summed E-state index contributed by atoms with van der Waals surface area (Å²) in [6, 6.07) is 11.9. The Morgan fingerprint density at radius 2 is 1.75 bits per heavy atom. The summed E-state index contributed by atoms with van der Waals surface area (Å²) in [6.07, 6.45) is 1.04. The van der Waals surface area contributed by atoms with Crippen molar-refractivity contribution < 1.29 is 22.7 Å². The lowest BCUT2D eigenvalue weighted by Gasteiger charge is -2.31. The lowest BCUT2D eigenvalue weighted by atomic mass is 10.1. The van der Waals surface area contributed by atoms with Gasteiger partial charge in [0.15, 0.2) is 0 Å². The standard InChI is InChI=1S/C23H31N3O5S/c1-16-8-7-9-19(12-16)14-25(18(3)23(28)24-4)22(27)15-26(32(6,29)30)20-13-17(2)10-11-21(20)31-5/h7-13,18H,14-15H2,1-6H3,(H,24,28)/t18-/m0/s1. The summed E-state index contributed by atoms with van der Waals surface area (Å²) in [7, 11) is -0.888. The quantitative estimate of drug-likeness (QED) is 0.618. The van der Waals surface area contributed by atoms with Crippen molar-refractivity contribution in [1.29, 1.82) is 0 Å². The van der Waals surface area contributed by atoms with Crippen LogP contribution in [0.4, 0.5) is 5.69 Å². The maximum Gasteiger partial charge on any atom is 0.244 e. The Hall–Kier alpha value is -3.07. The van der Waals surface area contributed by atoms with E-state index in [9.17, 15) is 18.0 Å². The monoisotopic (exact) mass is 461 g/mol. The summed E-state index contributed by atoms with van der Waals surface area (Å²) >= 11 is 0. The fourth-order valence-corrected chi connectivity index (χ4v) is 4.23. The van der Waals surface area contributed by atoms with E-state index in [4.69, 9.17) is 4.74 Å². The van der Waals surface area contributed by atoms with Gasteiger partial charge in [-0.05, 0) is 44.0 Å². The summed E-state index contributed by atoms with van der Waals surface area (Å²) in [5.74, 6) is -0.514. The van der Waals surface area contributed by atoms with Crippen LogP contribution in [0.5, 0.6) is 5.75 Å². The maximum atomic E-state index is 13.4. The number of nitrogens with one attached hydrogen (secondary N) is 1. The van der Waals surface area contributed by atoms with Gasteiger partial charge in [-0.15, -0.1) is 0 Å². The minimum absolute atomic E-state index is 0.164. The molecule has 0 fully saturated rings. The van der Waals surface area contributed by atoms with Crippen molar-refractivity contribution >= 4 is 27.5 Å². The Morgan fingerprint density at radius 3 is 2.31 bits per heavy atom. The van der Waals surface area contributed by atoms with Gasteiger partial charge in [0, 0.05) is 13.6 Å². The van der Waals surface area contributed by atoms with E-state index in [-0.39, 0.29) is 18.1 Å². The summed E-state index contributed by atoms with van der Waals surface area (Å²) in [5.41, 5.74) is 2.95. The SMILES string of the molecule is CNC(=O)[C@H](C)N(Cc1cccc(C)c1)C(=O)CN(c1cc(C)ccc1OC)S(C)(=O)=O. The van der Waals surface area contributed by atoms with E-state index in [2.05, 4.69) is 5.32 Å². The van der Waals surface area contributed by atoms with Crippen LogP contribution in [0.1, 0.15) is 23.6 Å². The van der Waals surface area contributed by atoms with Crippen molar-refractivity contribution in [3.8, 4) is 5.75 Å². The molecule has 1 atom stereocenters. The molecular weight excluding hydrogens is 430 g/mol. The van der Waals surface area contributed by atoms with Gasteiger partial charge < -0.3 is 15.0 Å². The van der Waals surface area contributed by atoms with Gasteiger partial charge in [-0.25, -0.2) is 8.42 Å². The molecule has 0 aliphatic carbocycles. The second-order valence-electron chi connectivity index (χ2n) is 7.75. The highest BCUT2D eigenvalue weighted by Crippen LogP contribution is 2.31. The minimum Gasteiger partial charge on any atom is -0.495 e. The van der Waals surface area contributed by atoms with Crippen LogP contribution >= 0.6 is 0 Å². The molecule has 0 spiro atoms. The van der Waals surface area contributed by atoms with E-state index >= 15 is 0 Å². The molecule has 2 rings (SSSR count). The van der Waals surface area contributed by atoms with Gasteiger partial charge in [0.25, 0.3) is 0 Å². The van der Waals surface area contributed by atoms with E-state index in [0.29, 0.717) is 5.75 Å². The summed E-state index contributed by atoms with van der Waals surface area (Å²) < 4.78 is 31.7. The number of ether oxygens (including phenoxy) is 1. The van der Waals surface area contributed by atoms with Crippen molar-refractivity contribution in [3.63, 3.8) is 0 Å². The lowest BCUT2D eigenvalue weighted by molar-refractivity contribution is -0.139. The average molecular weight is 462 g/mol. The molecule has 0 unspecified atom stereocenters. The Kier molecular flexibility index (Phi) is 8.26. The van der Waals surface area contributed by atoms with Gasteiger partial charge in [0.2, 0.25) is 21.8 Å². The van der Waals surface area contributed by atoms with Crippen molar-refractivity contribution in [1.82, 2.24) is 10.2 Å². The van der Waals surface area contributed by atoms with Crippen molar-refractivity contribution in [2.45, 2.75) is 33.4 Å². The Labute approximate surface area is 190 Å². The van der Waals surface area contributed by atoms with Gasteiger partial charge in [0.05, 0.1) is 19.1 Å². The van der Waals surface area contributed by atoms with Crippen LogP contribution in [0.2, 0.25) is 0 Å². The zero-order chi connectivity index (χ0) is 24.1. The zero-order valence-corrected chi connectivity index (χ0v) is 20.2. The first kappa shape index (κ1) is 25.2. The number of rotatable bonds is 9. The number of aryl methyl sites for hydroxylation is 2. The third-order valence-corrected chi connectivity index (χ3v) is 6.26. The number of hydrogen-bond acceptors (Lipinski definition) is 5. The van der Waals surface area contributed by atoms with Crippen LogP contribution in [0.15, 0.2) is 42.5 Å². The molecule has 0 aliphatic heterocycles. The van der Waals surface area contributed by atoms with E-state index < -0.39 is 28.5 Å². The molecule has 0 aromatic heterocycles. The Morgan fingerprint density at radius 1 is 1.09 bits per heavy atom. The number of methoxy groups -OCH3 is 1. The number of carbonyl (C=O) groups is 2. The molecule has 9 heteroatoms. The summed E-state index contributed by atoms with van der Waals surface area (Å²) in [5, 5.41) is 2.55. The lowest BCUT2D eigenvalue weighted by Crippen LogP contribution is -2.50. The number of nitrogens with zero attached hydrogens (tertiary/aromatic N) is 2. The van der Waals surface area contributed by atoms with Gasteiger partial charge in [-0.2, -0.15) is 0 Å². The largest absolute Gasteiger partial charge is 0.495 e. The number of benzene rings is 2. The number of amides is 2. The second-order valence-corrected chi connectivity index (χ2v) is 9.65. The highest BCUT2D eigenvalue weighted by atomic mass is 32.2. The van der Waals surface area contributed by atoms with Crippen LogP contribution < -0.4 is 14.4 Å². The first-order valence-electron chi connectivity index (χ1n) is 10.2. The molecule has 32 heavy (non-hydrogen) atoms. The van der Waals surface area contributed by atoms with Crippen molar-refractivity contribution in [2.24, 2.45) is 0 Å². The summed E-state index contributed by atoms with van der Waals surface area (Å²) in [4.78, 5) is 27.1. The van der Waals surface area contributed by atoms with Gasteiger partial charge >= 0.3 is 0 Å². The molecule has 2 aromatic carbocycles. The van der Waals surface area contributed by atoms with Crippen LogP contribution in [-0.4, -0.2) is 58.1 Å². The van der Waals surface area contributed by atoms with E-state index in [0.717, 1.165) is 27.3 Å². The van der Waals surface area contributed by atoms with Crippen molar-refractivity contribution in [3.05, 3.63) is 59.2 Å². The highest BCUT2D eigenvalue weighted by Gasteiger charge is 2.30. The highest BCUT2D eigenvalue weighted by molar-refractivity contribution is 7.92. The molecule has 2 amide bonds. The van der Waals surface area contributed by atoms with Gasteiger partial charge in [0.1, 0.15) is 18.3 Å². The maximum absolute atomic E-state index is 13.4. The third kappa shape index (κ3) is 6.23. The number of carbonyl (C=O) groups excluding carboxylic acids is 2. The van der Waals surface area contributed by atoms with E-state index in [1.54, 1.807) is 25.1 Å². The molecule has 8 nitrogen and oxygen atoms in total. The van der Waals surface area contributed by atoms with E-state index in [1.165, 1.54) is 19.1 Å². The number of likely N-dealkylation sites (N-methyl/N-ethyl adjacent to an activating group) is 1. The molecule has 0 bridgehead atoms. The molecule has 174 valence electrons. The predicted octanol–water partition coefficient (Wildman–Crippen LogP) is 2.24. The number of hydrogen-bond donors (Lipinski definition) is 1. The Balaban J connectivity index is 2.46. The van der Waals surface area contributed by atoms with E-state index in [1.807, 2.05) is 38.1 Å². The topological polar surface area (TPSA) is 96.0 Å². The molecule has 0 aliphatic rings. The smallest absolute Gasteiger partial charge is 0.244 e. The predicted molar refractivity (Wildman–Crippen MR) is 125 cm³/mol. The Bertz CT molecular complexity index is 1080. The average Bonchev–Trinajstić information content (AvgIpc) is 2.73. The first-order valence-corrected chi connectivity index (χ1v) is 12.0. The number of sulfonamides is 1. The normalized spacial score (nSPS) is 12.1. The molecule has 0 heterocycles. The molecule has 2 aromatic rings. The summed E-state index contributed by atoms with van der Waals surface area (Å²) in [6.45, 7) is 5.07. The van der Waals surface area contributed by atoms with Crippen LogP contribution in [0, 0.1) is 13.8 Å². The molecule has 0 radical (unpaired) electrons. The number of anilines is 1. The first-order chi connectivity index (χ1) is 15.0. The molecule has 1 N–H and O–H groups in total. The molecular formula is C23H31N3O5S. The van der Waals surface area contributed by atoms with Gasteiger partial charge in [-0.3, -0.25) is 13.9 Å². The minimum atomic E-state index is -3.82. The van der Waals surface area contributed by atoms with Crippen LogP contribution in [0.25, 0.3) is 0 Å². The molecule has 0 saturated heterocycles. The second kappa shape index (κ2) is 10.5.